The van der Waals surface area contributed by atoms with E-state index in [1.165, 1.54) is 0 Å². The predicted octanol–water partition coefficient (Wildman–Crippen LogP) is 2.51. The molecule has 0 saturated carbocycles. The van der Waals surface area contributed by atoms with Gasteiger partial charge < -0.3 is 4.42 Å². The number of hydrogen-bond donors (Lipinski definition) is 0. The molecule has 2 heteroatoms. The fraction of sp³-hybridized carbons (Fsp3) is 0.100. The van der Waals surface area contributed by atoms with E-state index in [2.05, 4.69) is 0 Å². The van der Waals surface area contributed by atoms with Crippen LogP contribution in [-0.2, 0) is 0 Å². The maximum Gasteiger partial charge on any atom is 0.151 e. The zero-order valence-corrected chi connectivity index (χ0v) is 6.70. The molecular formula is C10H8O2. The Morgan fingerprint density at radius 2 is 2.33 bits per heavy atom. The summed E-state index contributed by atoms with van der Waals surface area (Å²) in [5.74, 6) is 0. The van der Waals surface area contributed by atoms with Crippen molar-refractivity contribution < 1.29 is 9.21 Å². The van der Waals surface area contributed by atoms with Gasteiger partial charge in [-0.3, -0.25) is 4.79 Å². The molecule has 0 atom stereocenters. The molecule has 0 bridgehead atoms. The Bertz CT molecular complexity index is 387. The minimum Gasteiger partial charge on any atom is -0.472 e. The summed E-state index contributed by atoms with van der Waals surface area (Å²) in [5, 5.41) is 0. The van der Waals surface area contributed by atoms with Gasteiger partial charge in [-0.2, -0.15) is 0 Å². The van der Waals surface area contributed by atoms with E-state index < -0.39 is 0 Å². The maximum absolute atomic E-state index is 10.7. The molecule has 2 nitrogen and oxygen atoms in total. The fourth-order valence-corrected chi connectivity index (χ4v) is 1.40. The Kier molecular flexibility index (Phi) is 1.47. The molecule has 0 spiro atoms. The molecule has 0 radical (unpaired) electrons. The van der Waals surface area contributed by atoms with Crippen LogP contribution in [0.25, 0.3) is 11.1 Å². The lowest BCUT2D eigenvalue weighted by Gasteiger charge is -1.95. The molecule has 0 saturated heterocycles. The smallest absolute Gasteiger partial charge is 0.151 e. The molecule has 0 amide bonds. The minimum absolute atomic E-state index is 0.731. The first-order chi connectivity index (χ1) is 5.83. The normalized spacial score (nSPS) is 10.4. The summed E-state index contributed by atoms with van der Waals surface area (Å²) >= 11 is 0. The molecule has 12 heavy (non-hydrogen) atoms. The van der Waals surface area contributed by atoms with Crippen LogP contribution >= 0.6 is 0 Å². The van der Waals surface area contributed by atoms with Crippen LogP contribution < -0.4 is 0 Å². The summed E-state index contributed by atoms with van der Waals surface area (Å²) in [7, 11) is 0. The van der Waals surface area contributed by atoms with Crippen molar-refractivity contribution in [1.82, 2.24) is 0 Å². The van der Waals surface area contributed by atoms with Crippen LogP contribution in [0.15, 0.2) is 29.1 Å². The second kappa shape index (κ2) is 2.48. The largest absolute Gasteiger partial charge is 0.472 e. The summed E-state index contributed by atoms with van der Waals surface area (Å²) in [5.41, 5.74) is 3.68. The lowest BCUT2D eigenvalue weighted by Crippen LogP contribution is -1.81. The average molecular weight is 160 g/mol. The van der Waals surface area contributed by atoms with Gasteiger partial charge in [-0.05, 0) is 24.1 Å². The first-order valence-corrected chi connectivity index (χ1v) is 3.73. The SMILES string of the molecule is Cc1cc2ccocc-2c1C=O. The molecule has 0 aromatic rings. The molecular weight excluding hydrogens is 152 g/mol. The number of carbonyl (C=O) groups excluding carboxylic acids is 1. The number of aldehydes is 1. The van der Waals surface area contributed by atoms with E-state index in [9.17, 15) is 4.79 Å². The van der Waals surface area contributed by atoms with Gasteiger partial charge >= 0.3 is 0 Å². The quantitative estimate of drug-likeness (QED) is 0.600. The van der Waals surface area contributed by atoms with Gasteiger partial charge in [0.25, 0.3) is 0 Å². The van der Waals surface area contributed by atoms with Crippen LogP contribution in [0.3, 0.4) is 0 Å². The van der Waals surface area contributed by atoms with Crippen molar-refractivity contribution >= 4 is 6.29 Å². The Morgan fingerprint density at radius 3 is 3.08 bits per heavy atom. The van der Waals surface area contributed by atoms with E-state index in [4.69, 9.17) is 4.42 Å². The monoisotopic (exact) mass is 160 g/mol. The summed E-state index contributed by atoms with van der Waals surface area (Å²) in [4.78, 5) is 10.7. The molecule has 0 N–H and O–H groups in total. The first-order valence-electron chi connectivity index (χ1n) is 3.73. The van der Waals surface area contributed by atoms with Crippen LogP contribution in [0.5, 0.6) is 0 Å². The maximum atomic E-state index is 10.7. The lowest BCUT2D eigenvalue weighted by molar-refractivity contribution is 0.112. The number of carbonyl (C=O) groups is 1. The third-order valence-corrected chi connectivity index (χ3v) is 2.03. The minimum atomic E-state index is 0.731. The molecule has 1 heterocycles. The highest BCUT2D eigenvalue weighted by molar-refractivity contribution is 5.91. The van der Waals surface area contributed by atoms with Crippen LogP contribution in [0.2, 0.25) is 0 Å². The van der Waals surface area contributed by atoms with Crippen molar-refractivity contribution in [3.05, 3.63) is 35.8 Å². The number of hydrogen-bond acceptors (Lipinski definition) is 2. The van der Waals surface area contributed by atoms with E-state index in [0.717, 1.165) is 28.5 Å². The Morgan fingerprint density at radius 1 is 1.50 bits per heavy atom. The summed E-state index contributed by atoms with van der Waals surface area (Å²) in [6, 6.07) is 3.84. The van der Waals surface area contributed by atoms with E-state index >= 15 is 0 Å². The molecule has 60 valence electrons. The second-order valence-electron chi connectivity index (χ2n) is 2.78. The second-order valence-corrected chi connectivity index (χ2v) is 2.78. The molecule has 2 rings (SSSR count). The lowest BCUT2D eigenvalue weighted by atomic mass is 10.1. The molecule has 2 aliphatic rings. The van der Waals surface area contributed by atoms with Crippen molar-refractivity contribution in [2.45, 2.75) is 6.92 Å². The average Bonchev–Trinajstić information content (AvgIpc) is 2.40. The molecule has 0 aromatic heterocycles. The molecule has 0 unspecified atom stereocenters. The molecule has 1 aliphatic heterocycles. The topological polar surface area (TPSA) is 30.2 Å². The van der Waals surface area contributed by atoms with Gasteiger partial charge in [-0.15, -0.1) is 0 Å². The van der Waals surface area contributed by atoms with Crippen LogP contribution in [-0.4, -0.2) is 6.29 Å². The highest BCUT2D eigenvalue weighted by Gasteiger charge is 2.11. The van der Waals surface area contributed by atoms with Crippen molar-refractivity contribution in [3.63, 3.8) is 0 Å². The summed E-state index contributed by atoms with van der Waals surface area (Å²) in [6.07, 6.45) is 4.08. The van der Waals surface area contributed by atoms with E-state index in [-0.39, 0.29) is 0 Å². The number of rotatable bonds is 1. The standard InChI is InChI=1S/C10H8O2/c1-7-4-8-2-3-12-6-10(8)9(7)5-11/h2-6H,1H3. The summed E-state index contributed by atoms with van der Waals surface area (Å²) < 4.78 is 4.99. The zero-order chi connectivity index (χ0) is 8.55. The van der Waals surface area contributed by atoms with Crippen molar-refractivity contribution in [2.24, 2.45) is 0 Å². The van der Waals surface area contributed by atoms with Gasteiger partial charge in [0, 0.05) is 11.1 Å². The van der Waals surface area contributed by atoms with Gasteiger partial charge in [0.2, 0.25) is 0 Å². The summed E-state index contributed by atoms with van der Waals surface area (Å²) in [6.45, 7) is 1.92. The molecule has 0 aromatic carbocycles. The van der Waals surface area contributed by atoms with E-state index in [1.54, 1.807) is 12.5 Å². The van der Waals surface area contributed by atoms with E-state index in [0.29, 0.717) is 0 Å². The van der Waals surface area contributed by atoms with Crippen LogP contribution in [0.4, 0.5) is 0 Å². The van der Waals surface area contributed by atoms with Gasteiger partial charge in [0.15, 0.2) is 6.29 Å². The molecule has 1 aliphatic carbocycles. The van der Waals surface area contributed by atoms with Gasteiger partial charge in [0.05, 0.1) is 12.5 Å². The van der Waals surface area contributed by atoms with Gasteiger partial charge in [-0.1, -0.05) is 6.07 Å². The van der Waals surface area contributed by atoms with Crippen molar-refractivity contribution in [3.8, 4) is 11.1 Å². The van der Waals surface area contributed by atoms with Gasteiger partial charge in [-0.25, -0.2) is 0 Å². The first kappa shape index (κ1) is 7.10. The fourth-order valence-electron chi connectivity index (χ4n) is 1.40. The van der Waals surface area contributed by atoms with Gasteiger partial charge in [0.1, 0.15) is 0 Å². The van der Waals surface area contributed by atoms with E-state index in [1.807, 2.05) is 19.1 Å². The predicted molar refractivity (Wildman–Crippen MR) is 45.5 cm³/mol. The highest BCUT2D eigenvalue weighted by atomic mass is 16.3. The van der Waals surface area contributed by atoms with Crippen LogP contribution in [0, 0.1) is 6.92 Å². The Hall–Kier alpha value is -1.57. The molecule has 0 fully saturated rings. The number of aryl methyl sites for hydroxylation is 1. The Labute approximate surface area is 70.2 Å². The van der Waals surface area contributed by atoms with Crippen molar-refractivity contribution in [1.29, 1.82) is 0 Å². The number of fused-ring (bicyclic) bond motifs is 1. The van der Waals surface area contributed by atoms with Crippen LogP contribution in [0.1, 0.15) is 15.9 Å². The zero-order valence-electron chi connectivity index (χ0n) is 6.70. The third-order valence-electron chi connectivity index (χ3n) is 2.03. The third kappa shape index (κ3) is 0.848. The van der Waals surface area contributed by atoms with Crippen molar-refractivity contribution in [2.75, 3.05) is 0 Å². The highest BCUT2D eigenvalue weighted by Crippen LogP contribution is 2.29. The Balaban J connectivity index is 2.79.